The van der Waals surface area contributed by atoms with Gasteiger partial charge in [-0.2, -0.15) is 13.2 Å². The van der Waals surface area contributed by atoms with Crippen molar-refractivity contribution in [3.8, 4) is 11.5 Å². The number of halogens is 3. The minimum atomic E-state index is -4.40. The zero-order valence-corrected chi connectivity index (χ0v) is 14.8. The Balaban J connectivity index is 1.78. The summed E-state index contributed by atoms with van der Waals surface area (Å²) in [6.07, 6.45) is -4.40. The molecular weight excluding hydrogens is 347 g/mol. The number of alkyl halides is 3. The molecule has 3 rings (SSSR count). The lowest BCUT2D eigenvalue weighted by molar-refractivity contribution is -0.137. The van der Waals surface area contributed by atoms with E-state index in [0.717, 1.165) is 25.2 Å². The van der Waals surface area contributed by atoms with Crippen molar-refractivity contribution < 1.29 is 22.7 Å². The lowest BCUT2D eigenvalue weighted by atomic mass is 10.1. The third-order valence-electron chi connectivity index (χ3n) is 4.77. The van der Waals surface area contributed by atoms with Crippen LogP contribution in [-0.4, -0.2) is 59.2 Å². The van der Waals surface area contributed by atoms with Crippen LogP contribution in [0.25, 0.3) is 11.5 Å². The molecule has 0 amide bonds. The summed E-state index contributed by atoms with van der Waals surface area (Å²) >= 11 is 0. The molecule has 0 bridgehead atoms. The topological polar surface area (TPSA) is 52.7 Å². The Bertz CT molecular complexity index is 760. The van der Waals surface area contributed by atoms with Gasteiger partial charge < -0.3 is 9.52 Å². The number of likely N-dealkylation sites (N-methyl/N-ethyl adjacent to an activating group) is 1. The van der Waals surface area contributed by atoms with Crippen LogP contribution in [0.2, 0.25) is 0 Å². The fraction of sp³-hybridized carbons (Fsp3) is 0.500. The lowest BCUT2D eigenvalue weighted by Crippen LogP contribution is -2.52. The molecule has 0 spiro atoms. The maximum absolute atomic E-state index is 12.9. The fourth-order valence-corrected chi connectivity index (χ4v) is 3.09. The Morgan fingerprint density at radius 3 is 2.77 bits per heavy atom. The summed E-state index contributed by atoms with van der Waals surface area (Å²) in [6, 6.07) is 5.05. The number of rotatable bonds is 4. The third-order valence-corrected chi connectivity index (χ3v) is 4.77. The van der Waals surface area contributed by atoms with E-state index in [2.05, 4.69) is 14.8 Å². The van der Waals surface area contributed by atoms with Gasteiger partial charge in [0.1, 0.15) is 5.76 Å². The van der Waals surface area contributed by atoms with E-state index in [1.807, 2.05) is 7.05 Å². The Hall–Kier alpha value is -1.90. The standard InChI is InChI=1S/C18H22F3N3O2/c1-12-16(10-24-7-6-23(2)15(9-24)11-25)22-17(26-12)13-4-3-5-14(8-13)18(19,20)21/h3-5,8,15,25H,6-7,9-11H2,1-2H3/t15-/m1/s1. The Morgan fingerprint density at radius 2 is 2.08 bits per heavy atom. The van der Waals surface area contributed by atoms with E-state index in [1.165, 1.54) is 6.07 Å². The fourth-order valence-electron chi connectivity index (χ4n) is 3.09. The number of benzene rings is 1. The number of aliphatic hydroxyl groups excluding tert-OH is 1. The van der Waals surface area contributed by atoms with Gasteiger partial charge in [0.05, 0.1) is 17.9 Å². The zero-order valence-electron chi connectivity index (χ0n) is 14.8. The van der Waals surface area contributed by atoms with Crippen LogP contribution in [0.3, 0.4) is 0 Å². The monoisotopic (exact) mass is 369 g/mol. The summed E-state index contributed by atoms with van der Waals surface area (Å²) in [6.45, 7) is 4.76. The maximum Gasteiger partial charge on any atom is 0.416 e. The highest BCUT2D eigenvalue weighted by Crippen LogP contribution is 2.32. The van der Waals surface area contributed by atoms with Gasteiger partial charge in [-0.05, 0) is 32.2 Å². The number of aromatic nitrogens is 1. The van der Waals surface area contributed by atoms with Gasteiger partial charge in [0.2, 0.25) is 5.89 Å². The van der Waals surface area contributed by atoms with Gasteiger partial charge >= 0.3 is 6.18 Å². The average molecular weight is 369 g/mol. The molecular formula is C18H22F3N3O2. The lowest BCUT2D eigenvalue weighted by Gasteiger charge is -2.38. The molecule has 5 nitrogen and oxygen atoms in total. The van der Waals surface area contributed by atoms with Crippen molar-refractivity contribution >= 4 is 0 Å². The molecule has 0 saturated carbocycles. The molecule has 2 heterocycles. The van der Waals surface area contributed by atoms with Crippen molar-refractivity contribution in [2.45, 2.75) is 25.7 Å². The largest absolute Gasteiger partial charge is 0.441 e. The maximum atomic E-state index is 12.9. The molecule has 26 heavy (non-hydrogen) atoms. The molecule has 1 aliphatic heterocycles. The molecule has 1 fully saturated rings. The molecule has 1 aromatic carbocycles. The number of aliphatic hydroxyl groups is 1. The van der Waals surface area contributed by atoms with Crippen molar-refractivity contribution in [3.63, 3.8) is 0 Å². The molecule has 8 heteroatoms. The average Bonchev–Trinajstić information content (AvgIpc) is 2.97. The number of hydrogen-bond donors (Lipinski definition) is 1. The third kappa shape index (κ3) is 4.08. The van der Waals surface area contributed by atoms with Gasteiger partial charge in [-0.15, -0.1) is 0 Å². The van der Waals surface area contributed by atoms with Crippen LogP contribution in [-0.2, 0) is 12.7 Å². The highest BCUT2D eigenvalue weighted by molar-refractivity contribution is 5.55. The number of hydrogen-bond acceptors (Lipinski definition) is 5. The second-order valence-corrected chi connectivity index (χ2v) is 6.65. The van der Waals surface area contributed by atoms with Crippen molar-refractivity contribution in [3.05, 3.63) is 41.3 Å². The smallest absolute Gasteiger partial charge is 0.416 e. The first-order valence-electron chi connectivity index (χ1n) is 8.45. The summed E-state index contributed by atoms with van der Waals surface area (Å²) < 4.78 is 44.3. The highest BCUT2D eigenvalue weighted by Gasteiger charge is 2.31. The van der Waals surface area contributed by atoms with E-state index < -0.39 is 11.7 Å². The highest BCUT2D eigenvalue weighted by atomic mass is 19.4. The second-order valence-electron chi connectivity index (χ2n) is 6.65. The Morgan fingerprint density at radius 1 is 1.31 bits per heavy atom. The van der Waals surface area contributed by atoms with Gasteiger partial charge in [-0.1, -0.05) is 6.07 Å². The van der Waals surface area contributed by atoms with E-state index in [1.54, 1.807) is 13.0 Å². The quantitative estimate of drug-likeness (QED) is 0.898. The van der Waals surface area contributed by atoms with E-state index in [0.29, 0.717) is 30.1 Å². The molecule has 1 saturated heterocycles. The first-order valence-corrected chi connectivity index (χ1v) is 8.45. The predicted octanol–water partition coefficient (Wildman–Crippen LogP) is 2.78. The molecule has 0 radical (unpaired) electrons. The molecule has 142 valence electrons. The molecule has 0 aliphatic carbocycles. The summed E-state index contributed by atoms with van der Waals surface area (Å²) in [5.74, 6) is 0.785. The van der Waals surface area contributed by atoms with Gasteiger partial charge in [0, 0.05) is 37.8 Å². The van der Waals surface area contributed by atoms with Gasteiger partial charge in [-0.25, -0.2) is 4.98 Å². The van der Waals surface area contributed by atoms with Gasteiger partial charge in [0.25, 0.3) is 0 Å². The molecule has 1 N–H and O–H groups in total. The summed E-state index contributed by atoms with van der Waals surface area (Å²) in [7, 11) is 1.98. The van der Waals surface area contributed by atoms with Crippen LogP contribution in [0.1, 0.15) is 17.0 Å². The van der Waals surface area contributed by atoms with E-state index in [-0.39, 0.29) is 18.5 Å². The van der Waals surface area contributed by atoms with Crippen molar-refractivity contribution in [1.29, 1.82) is 0 Å². The van der Waals surface area contributed by atoms with Crippen LogP contribution in [0.15, 0.2) is 28.7 Å². The van der Waals surface area contributed by atoms with Crippen molar-refractivity contribution in [1.82, 2.24) is 14.8 Å². The van der Waals surface area contributed by atoms with Crippen LogP contribution >= 0.6 is 0 Å². The van der Waals surface area contributed by atoms with Crippen LogP contribution in [0, 0.1) is 6.92 Å². The van der Waals surface area contributed by atoms with Gasteiger partial charge in [0.15, 0.2) is 0 Å². The molecule has 1 aliphatic rings. The Labute approximate surface area is 150 Å². The summed E-state index contributed by atoms with van der Waals surface area (Å²) in [4.78, 5) is 8.70. The minimum absolute atomic E-state index is 0.0684. The number of nitrogens with zero attached hydrogens (tertiary/aromatic N) is 3. The number of oxazole rings is 1. The number of piperazine rings is 1. The van der Waals surface area contributed by atoms with E-state index in [4.69, 9.17) is 4.42 Å². The Kier molecular flexibility index (Phi) is 5.36. The van der Waals surface area contributed by atoms with Gasteiger partial charge in [-0.3, -0.25) is 9.80 Å². The zero-order chi connectivity index (χ0) is 18.9. The molecule has 1 atom stereocenters. The number of aryl methyl sites for hydroxylation is 1. The van der Waals surface area contributed by atoms with Crippen LogP contribution in [0.4, 0.5) is 13.2 Å². The second kappa shape index (κ2) is 7.38. The normalized spacial score (nSPS) is 19.8. The van der Waals surface area contributed by atoms with E-state index >= 15 is 0 Å². The summed E-state index contributed by atoms with van der Waals surface area (Å²) in [5.41, 5.74) is 0.289. The SMILES string of the molecule is Cc1oc(-c2cccc(C(F)(F)F)c2)nc1CN1CCN(C)[C@@H](CO)C1. The van der Waals surface area contributed by atoms with Crippen molar-refractivity contribution in [2.75, 3.05) is 33.3 Å². The van der Waals surface area contributed by atoms with E-state index in [9.17, 15) is 18.3 Å². The van der Waals surface area contributed by atoms with Crippen molar-refractivity contribution in [2.24, 2.45) is 0 Å². The van der Waals surface area contributed by atoms with Crippen LogP contribution in [0.5, 0.6) is 0 Å². The van der Waals surface area contributed by atoms with Crippen LogP contribution < -0.4 is 0 Å². The minimum Gasteiger partial charge on any atom is -0.441 e. The first kappa shape index (κ1) is 18.9. The molecule has 0 unspecified atom stereocenters. The first-order chi connectivity index (χ1) is 12.3. The predicted molar refractivity (Wildman–Crippen MR) is 90.5 cm³/mol. The summed E-state index contributed by atoms with van der Waals surface area (Å²) in [5, 5.41) is 9.45. The molecule has 1 aromatic heterocycles. The molecule has 2 aromatic rings.